The number of likely N-dealkylation sites (N-methyl/N-ethyl adjacent to an activating group) is 1. The highest BCUT2D eigenvalue weighted by molar-refractivity contribution is 6.30. The second-order valence-corrected chi connectivity index (χ2v) is 11.1. The molecule has 2 amide bonds. The van der Waals surface area contributed by atoms with Crippen LogP contribution in [0.1, 0.15) is 64.9 Å². The lowest BCUT2D eigenvalue weighted by Crippen LogP contribution is -2.54. The molecular weight excluding hydrogens is 438 g/mol. The quantitative estimate of drug-likeness (QED) is 0.397. The summed E-state index contributed by atoms with van der Waals surface area (Å²) in [5.74, 6) is -0.0524. The van der Waals surface area contributed by atoms with Crippen molar-refractivity contribution in [3.63, 3.8) is 0 Å². The van der Waals surface area contributed by atoms with Crippen molar-refractivity contribution in [1.82, 2.24) is 15.5 Å². The van der Waals surface area contributed by atoms with Crippen LogP contribution in [0.5, 0.6) is 0 Å². The average molecular weight is 482 g/mol. The minimum atomic E-state index is -1.03. The van der Waals surface area contributed by atoms with Gasteiger partial charge >= 0.3 is 6.03 Å². The van der Waals surface area contributed by atoms with Crippen LogP contribution in [0.2, 0.25) is 5.02 Å². The van der Waals surface area contributed by atoms with Gasteiger partial charge in [0.2, 0.25) is 0 Å². The summed E-state index contributed by atoms with van der Waals surface area (Å²) in [5.41, 5.74) is -0.0813. The van der Waals surface area contributed by atoms with Crippen LogP contribution in [0.25, 0.3) is 0 Å². The third-order valence-corrected chi connectivity index (χ3v) is 6.74. The molecule has 3 N–H and O–H groups in total. The van der Waals surface area contributed by atoms with Gasteiger partial charge in [-0.15, -0.1) is 0 Å². The fourth-order valence-corrected chi connectivity index (χ4v) is 5.15. The summed E-state index contributed by atoms with van der Waals surface area (Å²) in [5, 5.41) is 19.0. The van der Waals surface area contributed by atoms with Crippen LogP contribution in [0.4, 0.5) is 4.79 Å². The molecule has 6 nitrogen and oxygen atoms in total. The monoisotopic (exact) mass is 481 g/mol. The predicted octanol–water partition coefficient (Wildman–Crippen LogP) is 4.79. The number of likely N-dealkylation sites (tertiary alicyclic amines) is 1. The summed E-state index contributed by atoms with van der Waals surface area (Å²) < 4.78 is 5.20. The molecule has 2 rings (SSSR count). The maximum absolute atomic E-state index is 13.2. The molecular formula is C26H44ClN3O3. The number of hydrogen-bond donors (Lipinski definition) is 3. The van der Waals surface area contributed by atoms with E-state index in [1.54, 1.807) is 7.11 Å². The summed E-state index contributed by atoms with van der Waals surface area (Å²) >= 11 is 6.28. The van der Waals surface area contributed by atoms with E-state index in [-0.39, 0.29) is 23.4 Å². The van der Waals surface area contributed by atoms with Gasteiger partial charge in [0.25, 0.3) is 0 Å². The van der Waals surface area contributed by atoms with E-state index in [1.165, 1.54) is 0 Å². The predicted molar refractivity (Wildman–Crippen MR) is 136 cm³/mol. The minimum absolute atomic E-state index is 0.0444. The minimum Gasteiger partial charge on any atom is -0.385 e. The van der Waals surface area contributed by atoms with Gasteiger partial charge in [0.15, 0.2) is 0 Å². The number of halogens is 1. The number of aliphatic hydroxyl groups is 1. The SMILES string of the molecule is CNCC(CC(C)(C)C)NC(=O)N1CCCC(C(O)(CCCCOC)c2cccc(Cl)c2)C1. The van der Waals surface area contributed by atoms with Crippen molar-refractivity contribution in [2.24, 2.45) is 11.3 Å². The molecule has 1 aromatic rings. The van der Waals surface area contributed by atoms with Gasteiger partial charge in [-0.3, -0.25) is 0 Å². The molecule has 0 bridgehead atoms. The van der Waals surface area contributed by atoms with Crippen LogP contribution in [0.15, 0.2) is 24.3 Å². The highest BCUT2D eigenvalue weighted by atomic mass is 35.5. The lowest BCUT2D eigenvalue weighted by molar-refractivity contribution is -0.0564. The number of ether oxygens (including phenoxy) is 1. The first kappa shape index (κ1) is 27.9. The zero-order valence-electron chi connectivity index (χ0n) is 21.1. The molecule has 0 radical (unpaired) electrons. The number of urea groups is 1. The van der Waals surface area contributed by atoms with Crippen LogP contribution < -0.4 is 10.6 Å². The Morgan fingerprint density at radius 1 is 1.33 bits per heavy atom. The van der Waals surface area contributed by atoms with Crippen molar-refractivity contribution in [2.75, 3.05) is 40.4 Å². The highest BCUT2D eigenvalue weighted by Crippen LogP contribution is 2.40. The van der Waals surface area contributed by atoms with Crippen LogP contribution in [-0.4, -0.2) is 62.5 Å². The summed E-state index contributed by atoms with van der Waals surface area (Å²) in [6.07, 6.45) is 4.98. The Morgan fingerprint density at radius 2 is 2.09 bits per heavy atom. The van der Waals surface area contributed by atoms with E-state index < -0.39 is 5.60 Å². The number of benzene rings is 1. The zero-order chi connectivity index (χ0) is 24.5. The zero-order valence-corrected chi connectivity index (χ0v) is 21.9. The van der Waals surface area contributed by atoms with Crippen LogP contribution in [0.3, 0.4) is 0 Å². The summed E-state index contributed by atoms with van der Waals surface area (Å²) in [4.78, 5) is 15.1. The Balaban J connectivity index is 2.16. The van der Waals surface area contributed by atoms with Crippen LogP contribution in [0, 0.1) is 11.3 Å². The Morgan fingerprint density at radius 3 is 2.73 bits per heavy atom. The van der Waals surface area contributed by atoms with Crippen molar-refractivity contribution < 1.29 is 14.6 Å². The van der Waals surface area contributed by atoms with Crippen molar-refractivity contribution >= 4 is 17.6 Å². The molecule has 0 aliphatic carbocycles. The fourth-order valence-electron chi connectivity index (χ4n) is 4.96. The van der Waals surface area contributed by atoms with Crippen molar-refractivity contribution in [3.05, 3.63) is 34.9 Å². The second kappa shape index (κ2) is 12.9. The van der Waals surface area contributed by atoms with Crippen LogP contribution >= 0.6 is 11.6 Å². The number of nitrogens with zero attached hydrogens (tertiary/aromatic N) is 1. The van der Waals surface area contributed by atoms with Crippen molar-refractivity contribution in [3.8, 4) is 0 Å². The molecule has 3 atom stereocenters. The smallest absolute Gasteiger partial charge is 0.317 e. The largest absolute Gasteiger partial charge is 0.385 e. The van der Waals surface area contributed by atoms with Gasteiger partial charge in [0, 0.05) is 50.3 Å². The van der Waals surface area contributed by atoms with E-state index in [9.17, 15) is 9.90 Å². The number of methoxy groups -OCH3 is 1. The van der Waals surface area contributed by atoms with E-state index in [0.717, 1.165) is 44.2 Å². The van der Waals surface area contributed by atoms with Gasteiger partial charge in [-0.2, -0.15) is 0 Å². The molecule has 1 saturated heterocycles. The van der Waals surface area contributed by atoms with Crippen LogP contribution in [-0.2, 0) is 10.3 Å². The summed E-state index contributed by atoms with van der Waals surface area (Å²) in [7, 11) is 3.61. The molecule has 1 aliphatic heterocycles. The molecule has 0 spiro atoms. The Bertz CT molecular complexity index is 740. The molecule has 0 saturated carbocycles. The molecule has 1 aromatic carbocycles. The number of carbonyl (C=O) groups excluding carboxylic acids is 1. The fraction of sp³-hybridized carbons (Fsp3) is 0.731. The molecule has 188 valence electrons. The number of amides is 2. The van der Waals surface area contributed by atoms with E-state index in [2.05, 4.69) is 31.4 Å². The lowest BCUT2D eigenvalue weighted by Gasteiger charge is -2.43. The molecule has 1 aliphatic rings. The molecule has 3 unspecified atom stereocenters. The maximum atomic E-state index is 13.2. The molecule has 33 heavy (non-hydrogen) atoms. The number of piperidine rings is 1. The van der Waals surface area contributed by atoms with Gasteiger partial charge in [0.05, 0.1) is 5.60 Å². The topological polar surface area (TPSA) is 73.8 Å². The lowest BCUT2D eigenvalue weighted by atomic mass is 9.74. The van der Waals surface area contributed by atoms with Crippen molar-refractivity contribution in [1.29, 1.82) is 0 Å². The van der Waals surface area contributed by atoms with E-state index in [0.29, 0.717) is 31.1 Å². The Kier molecular flexibility index (Phi) is 10.9. The van der Waals surface area contributed by atoms with Crippen molar-refractivity contribution in [2.45, 2.75) is 70.9 Å². The highest BCUT2D eigenvalue weighted by Gasteiger charge is 2.41. The number of unbranched alkanes of at least 4 members (excludes halogenated alkanes) is 1. The van der Waals surface area contributed by atoms with E-state index in [4.69, 9.17) is 16.3 Å². The standard InChI is InChI=1S/C26H44ClN3O3/c1-25(2,3)17-23(18-28-4)29-24(31)30-14-9-11-21(19-30)26(32,13-6-7-15-33-5)20-10-8-12-22(27)16-20/h8,10,12,16,21,23,28,32H,6-7,9,11,13-15,17-19H2,1-5H3,(H,29,31). The number of rotatable bonds is 11. The third-order valence-electron chi connectivity index (χ3n) is 6.50. The average Bonchev–Trinajstić information content (AvgIpc) is 2.75. The van der Waals surface area contributed by atoms with Gasteiger partial charge in [-0.25, -0.2) is 4.79 Å². The molecule has 1 fully saturated rings. The molecule has 1 heterocycles. The molecule has 0 aromatic heterocycles. The number of nitrogens with one attached hydrogen (secondary N) is 2. The summed E-state index contributed by atoms with van der Waals surface area (Å²) in [6.45, 7) is 9.20. The summed E-state index contributed by atoms with van der Waals surface area (Å²) in [6, 6.07) is 7.55. The molecule has 7 heteroatoms. The Hall–Kier alpha value is -1.34. The normalized spacial score (nSPS) is 19.7. The van der Waals surface area contributed by atoms with Gasteiger partial charge in [-0.05, 0) is 68.7 Å². The van der Waals surface area contributed by atoms with E-state index in [1.807, 2.05) is 36.2 Å². The van der Waals surface area contributed by atoms with Gasteiger partial charge in [-0.1, -0.05) is 44.5 Å². The van der Waals surface area contributed by atoms with E-state index >= 15 is 0 Å². The first-order valence-corrected chi connectivity index (χ1v) is 12.6. The first-order chi connectivity index (χ1) is 15.6. The van der Waals surface area contributed by atoms with Gasteiger partial charge < -0.3 is 25.4 Å². The second-order valence-electron chi connectivity index (χ2n) is 10.6. The number of carbonyl (C=O) groups is 1. The Labute approximate surface area is 205 Å². The third kappa shape index (κ3) is 8.75. The number of hydrogen-bond acceptors (Lipinski definition) is 4. The first-order valence-electron chi connectivity index (χ1n) is 12.3. The van der Waals surface area contributed by atoms with Gasteiger partial charge in [0.1, 0.15) is 0 Å². The maximum Gasteiger partial charge on any atom is 0.317 e.